The number of aromatic nitrogens is 2. The van der Waals surface area contributed by atoms with E-state index in [-0.39, 0.29) is 12.1 Å². The van der Waals surface area contributed by atoms with Crippen molar-refractivity contribution in [3.8, 4) is 0 Å². The highest BCUT2D eigenvalue weighted by Gasteiger charge is 2.29. The summed E-state index contributed by atoms with van der Waals surface area (Å²) < 4.78 is 10.6. The first kappa shape index (κ1) is 12.3. The largest absolute Gasteiger partial charge is 0.380 e. The lowest BCUT2D eigenvalue weighted by Crippen LogP contribution is -2.23. The first-order chi connectivity index (χ1) is 8.28. The summed E-state index contributed by atoms with van der Waals surface area (Å²) in [7, 11) is 1.73. The summed E-state index contributed by atoms with van der Waals surface area (Å²) in [5.74, 6) is 1.33. The lowest BCUT2D eigenvalue weighted by molar-refractivity contribution is 0.116. The van der Waals surface area contributed by atoms with Crippen LogP contribution in [0, 0.1) is 0 Å². The molecule has 0 saturated carbocycles. The second-order valence-corrected chi connectivity index (χ2v) is 4.16. The van der Waals surface area contributed by atoms with E-state index in [1.165, 1.54) is 0 Å². The third kappa shape index (κ3) is 2.58. The maximum Gasteiger partial charge on any atom is 0.266 e. The van der Waals surface area contributed by atoms with Crippen LogP contribution in [0.2, 0.25) is 0 Å². The molecule has 0 aliphatic carbocycles. The van der Waals surface area contributed by atoms with Crippen LogP contribution in [0.4, 0.5) is 5.95 Å². The molecule has 17 heavy (non-hydrogen) atoms. The Bertz CT molecular complexity index is 351. The molecule has 1 aliphatic rings. The van der Waals surface area contributed by atoms with E-state index in [2.05, 4.69) is 34.2 Å². The molecule has 0 radical (unpaired) electrons. The molecule has 1 aliphatic heterocycles. The number of methoxy groups -OCH3 is 1. The molecule has 0 amide bonds. The number of rotatable bonds is 5. The number of nitrogens with zero attached hydrogens (tertiary/aromatic N) is 3. The third-order valence-corrected chi connectivity index (χ3v) is 3.20. The van der Waals surface area contributed by atoms with Crippen LogP contribution in [0.1, 0.15) is 32.2 Å². The molecule has 1 N–H and O–H groups in total. The van der Waals surface area contributed by atoms with Gasteiger partial charge in [0, 0.05) is 26.7 Å². The predicted molar refractivity (Wildman–Crippen MR) is 64.0 cm³/mol. The van der Waals surface area contributed by atoms with Crippen LogP contribution in [0.5, 0.6) is 0 Å². The minimum absolute atomic E-state index is 0.122. The number of hydrogen-bond acceptors (Lipinski definition) is 6. The number of anilines is 1. The fourth-order valence-corrected chi connectivity index (χ4v) is 2.07. The normalized spacial score (nSPS) is 24.2. The third-order valence-electron chi connectivity index (χ3n) is 3.20. The molecule has 1 aromatic rings. The van der Waals surface area contributed by atoms with Gasteiger partial charge >= 0.3 is 0 Å². The lowest BCUT2D eigenvalue weighted by Gasteiger charge is -2.14. The zero-order valence-corrected chi connectivity index (χ0v) is 10.6. The summed E-state index contributed by atoms with van der Waals surface area (Å²) in [5.41, 5.74) is 0. The monoisotopic (exact) mass is 240 g/mol. The molecule has 2 heterocycles. The van der Waals surface area contributed by atoms with Gasteiger partial charge in [0.05, 0.1) is 12.1 Å². The van der Waals surface area contributed by atoms with Crippen molar-refractivity contribution in [3.05, 3.63) is 5.89 Å². The molecule has 0 spiro atoms. The van der Waals surface area contributed by atoms with E-state index in [1.54, 1.807) is 7.11 Å². The van der Waals surface area contributed by atoms with Crippen molar-refractivity contribution in [2.45, 2.75) is 32.4 Å². The van der Waals surface area contributed by atoms with Gasteiger partial charge in [-0.15, -0.1) is 0 Å². The Kier molecular flexibility index (Phi) is 3.96. The van der Waals surface area contributed by atoms with E-state index in [0.29, 0.717) is 11.8 Å². The van der Waals surface area contributed by atoms with Gasteiger partial charge in [0.2, 0.25) is 5.89 Å². The summed E-state index contributed by atoms with van der Waals surface area (Å²) in [4.78, 5) is 6.50. The molecule has 6 nitrogen and oxygen atoms in total. The van der Waals surface area contributed by atoms with Gasteiger partial charge in [-0.2, -0.15) is 4.98 Å². The van der Waals surface area contributed by atoms with E-state index >= 15 is 0 Å². The maximum atomic E-state index is 5.31. The summed E-state index contributed by atoms with van der Waals surface area (Å²) in [5, 5.41) is 7.34. The maximum absolute atomic E-state index is 5.31. The zero-order valence-electron chi connectivity index (χ0n) is 10.6. The topological polar surface area (TPSA) is 63.4 Å². The first-order valence-corrected chi connectivity index (χ1v) is 6.13. The summed E-state index contributed by atoms with van der Waals surface area (Å²) in [6.07, 6.45) is 1.12. The minimum Gasteiger partial charge on any atom is -0.380 e. The average molecular weight is 240 g/mol. The van der Waals surface area contributed by atoms with Crippen molar-refractivity contribution >= 4 is 5.95 Å². The Balaban J connectivity index is 2.03. The fraction of sp³-hybridized carbons (Fsp3) is 0.818. The van der Waals surface area contributed by atoms with Crippen molar-refractivity contribution in [1.82, 2.24) is 15.5 Å². The molecule has 1 aromatic heterocycles. The highest BCUT2D eigenvalue weighted by Crippen LogP contribution is 2.24. The zero-order chi connectivity index (χ0) is 12.3. The van der Waals surface area contributed by atoms with Crippen molar-refractivity contribution < 1.29 is 9.26 Å². The van der Waals surface area contributed by atoms with Gasteiger partial charge in [-0.05, 0) is 25.4 Å². The van der Waals surface area contributed by atoms with Gasteiger partial charge in [-0.1, -0.05) is 0 Å². The van der Waals surface area contributed by atoms with Crippen molar-refractivity contribution in [3.63, 3.8) is 0 Å². The molecule has 2 rings (SSSR count). The highest BCUT2D eigenvalue weighted by molar-refractivity contribution is 5.27. The molecular weight excluding hydrogens is 220 g/mol. The first-order valence-electron chi connectivity index (χ1n) is 6.13. The Morgan fingerprint density at radius 1 is 1.47 bits per heavy atom. The highest BCUT2D eigenvalue weighted by atomic mass is 16.5. The molecule has 1 fully saturated rings. The standard InChI is InChI=1S/C11H20N4O2/c1-4-15(5-2)11-13-10(17-14-11)9-6-8(16-3)7-12-9/h8-9,12H,4-7H2,1-3H3. The van der Waals surface area contributed by atoms with Crippen LogP contribution < -0.4 is 10.2 Å². The number of ether oxygens (including phenoxy) is 1. The molecule has 0 bridgehead atoms. The smallest absolute Gasteiger partial charge is 0.266 e. The van der Waals surface area contributed by atoms with E-state index in [0.717, 1.165) is 26.1 Å². The molecule has 6 heteroatoms. The second-order valence-electron chi connectivity index (χ2n) is 4.16. The summed E-state index contributed by atoms with van der Waals surface area (Å²) in [6, 6.07) is 0.122. The van der Waals surface area contributed by atoms with Crippen LogP contribution in [-0.2, 0) is 4.74 Å². The van der Waals surface area contributed by atoms with Crippen LogP contribution in [0.3, 0.4) is 0 Å². The number of hydrogen-bond donors (Lipinski definition) is 1. The minimum atomic E-state index is 0.122. The Labute approximate surface area is 101 Å². The van der Waals surface area contributed by atoms with Gasteiger partial charge in [-0.25, -0.2) is 0 Å². The predicted octanol–water partition coefficient (Wildman–Crippen LogP) is 0.965. The number of nitrogens with one attached hydrogen (secondary N) is 1. The quantitative estimate of drug-likeness (QED) is 0.827. The van der Waals surface area contributed by atoms with Crippen LogP contribution in [0.25, 0.3) is 0 Å². The van der Waals surface area contributed by atoms with Crippen LogP contribution in [0.15, 0.2) is 4.52 Å². The lowest BCUT2D eigenvalue weighted by atomic mass is 10.2. The van der Waals surface area contributed by atoms with Gasteiger partial charge in [0.15, 0.2) is 0 Å². The van der Waals surface area contributed by atoms with Crippen LogP contribution in [-0.4, -0.2) is 43.0 Å². The fourth-order valence-electron chi connectivity index (χ4n) is 2.07. The summed E-state index contributed by atoms with van der Waals surface area (Å²) >= 11 is 0. The Hall–Kier alpha value is -1.14. The van der Waals surface area contributed by atoms with Crippen LogP contribution >= 0.6 is 0 Å². The van der Waals surface area contributed by atoms with Gasteiger partial charge in [-0.3, -0.25) is 0 Å². The average Bonchev–Trinajstić information content (AvgIpc) is 2.98. The van der Waals surface area contributed by atoms with Crippen molar-refractivity contribution in [1.29, 1.82) is 0 Å². The van der Waals surface area contributed by atoms with E-state index in [9.17, 15) is 0 Å². The van der Waals surface area contributed by atoms with E-state index in [4.69, 9.17) is 9.26 Å². The molecule has 0 aromatic carbocycles. The molecule has 1 saturated heterocycles. The Morgan fingerprint density at radius 2 is 2.24 bits per heavy atom. The van der Waals surface area contributed by atoms with Gasteiger partial charge < -0.3 is 19.5 Å². The van der Waals surface area contributed by atoms with Gasteiger partial charge in [0.25, 0.3) is 5.95 Å². The van der Waals surface area contributed by atoms with Crippen molar-refractivity contribution in [2.24, 2.45) is 0 Å². The molecule has 96 valence electrons. The van der Waals surface area contributed by atoms with Crippen molar-refractivity contribution in [2.75, 3.05) is 31.6 Å². The Morgan fingerprint density at radius 3 is 2.82 bits per heavy atom. The molecule has 2 unspecified atom stereocenters. The SMILES string of the molecule is CCN(CC)c1noc(C2CC(OC)CN2)n1. The molecular formula is C11H20N4O2. The second kappa shape index (κ2) is 5.46. The van der Waals surface area contributed by atoms with E-state index in [1.807, 2.05) is 0 Å². The van der Waals surface area contributed by atoms with Gasteiger partial charge in [0.1, 0.15) is 0 Å². The summed E-state index contributed by atoms with van der Waals surface area (Å²) in [6.45, 7) is 6.76. The molecule has 2 atom stereocenters. The van der Waals surface area contributed by atoms with E-state index < -0.39 is 0 Å².